The predicted octanol–water partition coefficient (Wildman–Crippen LogP) is 4.45. The van der Waals surface area contributed by atoms with E-state index in [4.69, 9.17) is 0 Å². The number of rotatable bonds is 5. The third kappa shape index (κ3) is 4.61. The quantitative estimate of drug-likeness (QED) is 0.587. The lowest BCUT2D eigenvalue weighted by Gasteiger charge is -2.21. The molecule has 25 heavy (non-hydrogen) atoms. The number of nitrogens with one attached hydrogen (secondary N) is 1. The van der Waals surface area contributed by atoms with Crippen LogP contribution in [0.5, 0.6) is 0 Å². The minimum Gasteiger partial charge on any atom is -0.373 e. The van der Waals surface area contributed by atoms with E-state index >= 15 is 0 Å². The first-order valence-corrected chi connectivity index (χ1v) is 7.38. The van der Waals surface area contributed by atoms with Gasteiger partial charge in [-0.3, -0.25) is 4.99 Å². The van der Waals surface area contributed by atoms with Crippen molar-refractivity contribution in [2.75, 3.05) is 0 Å². The highest BCUT2D eigenvalue weighted by Gasteiger charge is 2.20. The fourth-order valence-corrected chi connectivity index (χ4v) is 1.95. The van der Waals surface area contributed by atoms with Crippen molar-refractivity contribution in [2.45, 2.75) is 0 Å². The van der Waals surface area contributed by atoms with Crippen LogP contribution < -0.4 is 5.32 Å². The van der Waals surface area contributed by atoms with E-state index < -0.39 is 0 Å². The first-order valence-electron chi connectivity index (χ1n) is 7.38. The summed E-state index contributed by atoms with van der Waals surface area (Å²) in [6, 6.07) is 0. The molecule has 0 saturated heterocycles. The molecule has 0 unspecified atom stereocenters. The minimum atomic E-state index is 0.541. The van der Waals surface area contributed by atoms with E-state index in [1.165, 1.54) is 0 Å². The molecule has 1 N–H and O–H groups in total. The normalized spacial score (nSPS) is 17.9. The molecule has 4 nitrogen and oxygen atoms in total. The summed E-state index contributed by atoms with van der Waals surface area (Å²) in [4.78, 5) is 13.1. The second-order valence-electron chi connectivity index (χ2n) is 4.80. The topological polar surface area (TPSA) is 49.1 Å². The zero-order valence-corrected chi connectivity index (χ0v) is 14.4. The number of nitrogens with zero attached hydrogens (tertiary/aromatic N) is 3. The molecule has 0 aliphatic carbocycles. The molecule has 2 aliphatic heterocycles. The molecule has 0 aromatic rings. The van der Waals surface area contributed by atoms with Gasteiger partial charge in [0.15, 0.2) is 0 Å². The smallest absolute Gasteiger partial charge is 0.121 e. The lowest BCUT2D eigenvalue weighted by atomic mass is 9.97. The predicted molar refractivity (Wildman–Crippen MR) is 110 cm³/mol. The van der Waals surface area contributed by atoms with Crippen LogP contribution in [0, 0.1) is 13.1 Å². The van der Waals surface area contributed by atoms with Gasteiger partial charge < -0.3 is 5.32 Å². The van der Waals surface area contributed by atoms with Crippen molar-refractivity contribution in [3.05, 3.63) is 112 Å². The fraction of sp³-hybridized carbons (Fsp3) is 0. The van der Waals surface area contributed by atoms with Crippen LogP contribution in [0.1, 0.15) is 0 Å². The maximum absolute atomic E-state index is 4.43. The lowest BCUT2D eigenvalue weighted by molar-refractivity contribution is 0.983. The first kappa shape index (κ1) is 19.8. The largest absolute Gasteiger partial charge is 0.373 e. The fourth-order valence-electron chi connectivity index (χ4n) is 1.95. The summed E-state index contributed by atoms with van der Waals surface area (Å²) in [6.45, 7) is 32.5. The highest BCUT2D eigenvalue weighted by molar-refractivity contribution is 6.24. The SMILES string of the molecule is C=C.C=C/C=C1/N[CH]C(C(=C)C(=C)C2=NC(=C)C(C=C)=N[CH]2)=NC1=C. The van der Waals surface area contributed by atoms with Gasteiger partial charge in [-0.25, -0.2) is 9.98 Å². The Morgan fingerprint density at radius 3 is 2.08 bits per heavy atom. The van der Waals surface area contributed by atoms with E-state index in [9.17, 15) is 0 Å². The molecule has 2 heterocycles. The van der Waals surface area contributed by atoms with E-state index in [0.717, 1.165) is 5.70 Å². The van der Waals surface area contributed by atoms with Gasteiger partial charge in [-0.05, 0) is 23.3 Å². The summed E-state index contributed by atoms with van der Waals surface area (Å²) in [5.41, 5.74) is 5.07. The highest BCUT2D eigenvalue weighted by atomic mass is 15.0. The number of allylic oxidation sites excluding steroid dienone is 3. The van der Waals surface area contributed by atoms with Crippen molar-refractivity contribution >= 4 is 17.1 Å². The zero-order chi connectivity index (χ0) is 19.0. The van der Waals surface area contributed by atoms with Crippen molar-refractivity contribution in [3.63, 3.8) is 0 Å². The van der Waals surface area contributed by atoms with E-state index in [2.05, 4.69) is 72.9 Å². The van der Waals surface area contributed by atoms with Gasteiger partial charge in [0, 0.05) is 0 Å². The molecular formula is C21H22N4. The lowest BCUT2D eigenvalue weighted by Crippen LogP contribution is -2.25. The summed E-state index contributed by atoms with van der Waals surface area (Å²) in [6.07, 6.45) is 5.07. The molecule has 0 aromatic heterocycles. The molecule has 0 amide bonds. The Morgan fingerprint density at radius 1 is 0.960 bits per heavy atom. The molecule has 0 atom stereocenters. The van der Waals surface area contributed by atoms with E-state index in [-0.39, 0.29) is 0 Å². The summed E-state index contributed by atoms with van der Waals surface area (Å²) < 4.78 is 0. The van der Waals surface area contributed by atoms with Crippen molar-refractivity contribution in [1.82, 2.24) is 5.32 Å². The van der Waals surface area contributed by atoms with Crippen LogP contribution in [0.3, 0.4) is 0 Å². The molecule has 4 heteroatoms. The van der Waals surface area contributed by atoms with Crippen LogP contribution in [0.25, 0.3) is 0 Å². The second-order valence-corrected chi connectivity index (χ2v) is 4.80. The van der Waals surface area contributed by atoms with Crippen molar-refractivity contribution in [2.24, 2.45) is 15.0 Å². The maximum Gasteiger partial charge on any atom is 0.121 e. The zero-order valence-electron chi connectivity index (χ0n) is 14.4. The average molecular weight is 330 g/mol. The van der Waals surface area contributed by atoms with Crippen molar-refractivity contribution in [1.29, 1.82) is 0 Å². The maximum atomic E-state index is 4.43. The standard InChI is InChI=1S/C19H18N4.C2H4/c1-7-9-17-15(6)23-19(11-21-17)13(4)12(3)18-10-20-16(8-2)14(5)22-18;1-2/h7-11,21H,1-6H2;1-2H2/b17-9+;. The number of aliphatic imine (C=N–C) groups is 3. The highest BCUT2D eigenvalue weighted by Crippen LogP contribution is 2.22. The molecule has 2 radical (unpaired) electrons. The van der Waals surface area contributed by atoms with E-state index in [0.29, 0.717) is 39.7 Å². The average Bonchev–Trinajstić information content (AvgIpc) is 2.64. The van der Waals surface area contributed by atoms with Crippen LogP contribution >= 0.6 is 0 Å². The summed E-state index contributed by atoms with van der Waals surface area (Å²) in [7, 11) is 0. The summed E-state index contributed by atoms with van der Waals surface area (Å²) in [5, 5.41) is 3.11. The van der Waals surface area contributed by atoms with E-state index in [1.54, 1.807) is 31.3 Å². The molecule has 0 saturated carbocycles. The van der Waals surface area contributed by atoms with Crippen molar-refractivity contribution < 1.29 is 0 Å². The Balaban J connectivity index is 0.00000151. The van der Waals surface area contributed by atoms with Gasteiger partial charge in [0.05, 0.1) is 40.8 Å². The molecule has 0 spiro atoms. The summed E-state index contributed by atoms with van der Waals surface area (Å²) in [5.74, 6) is 0. The molecule has 126 valence electrons. The van der Waals surface area contributed by atoms with Gasteiger partial charge in [-0.15, -0.1) is 13.2 Å². The Labute approximate surface area is 150 Å². The van der Waals surface area contributed by atoms with Gasteiger partial charge in [0.25, 0.3) is 0 Å². The van der Waals surface area contributed by atoms with Gasteiger partial charge in [-0.2, -0.15) is 0 Å². The van der Waals surface area contributed by atoms with Crippen molar-refractivity contribution in [3.8, 4) is 0 Å². The molecule has 2 rings (SSSR count). The number of hydrogen-bond acceptors (Lipinski definition) is 4. The first-order chi connectivity index (χ1) is 12.0. The molecule has 0 bridgehead atoms. The van der Waals surface area contributed by atoms with Crippen LogP contribution in [-0.2, 0) is 0 Å². The monoisotopic (exact) mass is 330 g/mol. The van der Waals surface area contributed by atoms with E-state index in [1.807, 2.05) is 0 Å². The Bertz CT molecular complexity index is 770. The Hall–Kier alpha value is -3.27. The minimum absolute atomic E-state index is 0.541. The summed E-state index contributed by atoms with van der Waals surface area (Å²) >= 11 is 0. The molecular weight excluding hydrogens is 308 g/mol. The third-order valence-corrected chi connectivity index (χ3v) is 3.27. The van der Waals surface area contributed by atoms with Crippen LogP contribution in [0.15, 0.2) is 114 Å². The number of hydrogen-bond donors (Lipinski definition) is 1. The Morgan fingerprint density at radius 2 is 1.56 bits per heavy atom. The third-order valence-electron chi connectivity index (χ3n) is 3.27. The Kier molecular flexibility index (Phi) is 7.22. The van der Waals surface area contributed by atoms with Crippen LogP contribution in [0.4, 0.5) is 0 Å². The van der Waals surface area contributed by atoms with Gasteiger partial charge in [0.1, 0.15) is 6.54 Å². The van der Waals surface area contributed by atoms with Gasteiger partial charge in [0.2, 0.25) is 0 Å². The van der Waals surface area contributed by atoms with Crippen LogP contribution in [0.2, 0.25) is 0 Å². The van der Waals surface area contributed by atoms with Gasteiger partial charge in [-0.1, -0.05) is 45.5 Å². The molecule has 0 fully saturated rings. The molecule has 2 aliphatic rings. The molecule has 0 aromatic carbocycles. The second kappa shape index (κ2) is 9.13. The van der Waals surface area contributed by atoms with Crippen LogP contribution in [-0.4, -0.2) is 17.1 Å². The van der Waals surface area contributed by atoms with Gasteiger partial charge >= 0.3 is 0 Å².